The summed E-state index contributed by atoms with van der Waals surface area (Å²) in [5.41, 5.74) is 0.326. The molecule has 124 valence electrons. The molecule has 0 saturated carbocycles. The van der Waals surface area contributed by atoms with Crippen LogP contribution in [0, 0.1) is 11.6 Å². The fourth-order valence-electron chi connectivity index (χ4n) is 1.98. The molecule has 2 amide bonds. The predicted molar refractivity (Wildman–Crippen MR) is 86.3 cm³/mol. The number of hydrogen-bond acceptors (Lipinski definition) is 4. The van der Waals surface area contributed by atoms with Crippen molar-refractivity contribution in [2.75, 3.05) is 11.9 Å². The predicted octanol–water partition coefficient (Wildman–Crippen LogP) is 2.97. The zero-order chi connectivity index (χ0) is 16.9. The SMILES string of the molecule is O=C(NCCc1csc(-n2cccn2)n1)Nc1c(F)cccc1F. The summed E-state index contributed by atoms with van der Waals surface area (Å²) in [4.78, 5) is 16.1. The van der Waals surface area contributed by atoms with Crippen LogP contribution < -0.4 is 10.6 Å². The molecule has 3 aromatic rings. The third kappa shape index (κ3) is 3.74. The third-order valence-electron chi connectivity index (χ3n) is 3.11. The van der Waals surface area contributed by atoms with Crippen molar-refractivity contribution in [2.24, 2.45) is 0 Å². The van der Waals surface area contributed by atoms with E-state index in [1.165, 1.54) is 17.4 Å². The fourth-order valence-corrected chi connectivity index (χ4v) is 2.78. The average Bonchev–Trinajstić information content (AvgIpc) is 3.22. The van der Waals surface area contributed by atoms with Gasteiger partial charge in [0.2, 0.25) is 5.13 Å². The van der Waals surface area contributed by atoms with Crippen LogP contribution in [-0.2, 0) is 6.42 Å². The molecule has 0 aliphatic carbocycles. The number of benzene rings is 1. The fraction of sp³-hybridized carbons (Fsp3) is 0.133. The summed E-state index contributed by atoms with van der Waals surface area (Å²) < 4.78 is 28.5. The van der Waals surface area contributed by atoms with E-state index in [0.717, 1.165) is 23.0 Å². The summed E-state index contributed by atoms with van der Waals surface area (Å²) in [5, 5.41) is 11.4. The van der Waals surface area contributed by atoms with Crippen molar-refractivity contribution in [2.45, 2.75) is 6.42 Å². The Labute approximate surface area is 140 Å². The highest BCUT2D eigenvalue weighted by Gasteiger charge is 2.11. The van der Waals surface area contributed by atoms with Gasteiger partial charge in [0.25, 0.3) is 0 Å². The number of amides is 2. The topological polar surface area (TPSA) is 71.8 Å². The van der Waals surface area contributed by atoms with E-state index in [1.54, 1.807) is 23.1 Å². The molecular weight excluding hydrogens is 336 g/mol. The Morgan fingerprint density at radius 2 is 2.04 bits per heavy atom. The number of carbonyl (C=O) groups excluding carboxylic acids is 1. The van der Waals surface area contributed by atoms with E-state index in [0.29, 0.717) is 6.42 Å². The Balaban J connectivity index is 1.50. The second kappa shape index (κ2) is 7.18. The normalized spacial score (nSPS) is 10.6. The molecule has 2 aromatic heterocycles. The number of rotatable bonds is 5. The number of halogens is 2. The number of nitrogens with zero attached hydrogens (tertiary/aromatic N) is 3. The van der Waals surface area contributed by atoms with Crippen molar-refractivity contribution >= 4 is 23.1 Å². The third-order valence-corrected chi connectivity index (χ3v) is 3.99. The first-order chi connectivity index (χ1) is 11.6. The van der Waals surface area contributed by atoms with Crippen LogP contribution in [0.4, 0.5) is 19.3 Å². The van der Waals surface area contributed by atoms with Crippen LogP contribution in [0.25, 0.3) is 5.13 Å². The Hall–Kier alpha value is -2.81. The van der Waals surface area contributed by atoms with Gasteiger partial charge in [-0.1, -0.05) is 6.07 Å². The minimum atomic E-state index is -0.825. The van der Waals surface area contributed by atoms with Crippen molar-refractivity contribution in [3.8, 4) is 5.13 Å². The van der Waals surface area contributed by atoms with Crippen LogP contribution >= 0.6 is 11.3 Å². The number of hydrogen-bond donors (Lipinski definition) is 2. The van der Waals surface area contributed by atoms with Crippen molar-refractivity contribution in [3.63, 3.8) is 0 Å². The number of carbonyl (C=O) groups is 1. The van der Waals surface area contributed by atoms with Crippen LogP contribution in [-0.4, -0.2) is 27.3 Å². The average molecular weight is 349 g/mol. The number of aromatic nitrogens is 3. The van der Waals surface area contributed by atoms with Crippen LogP contribution in [0.3, 0.4) is 0 Å². The van der Waals surface area contributed by atoms with Gasteiger partial charge in [-0.3, -0.25) is 0 Å². The Bertz CT molecular complexity index is 814. The van der Waals surface area contributed by atoms with Gasteiger partial charge in [-0.25, -0.2) is 23.2 Å². The molecule has 24 heavy (non-hydrogen) atoms. The van der Waals surface area contributed by atoms with Gasteiger partial charge in [0.1, 0.15) is 17.3 Å². The Morgan fingerprint density at radius 3 is 2.75 bits per heavy atom. The van der Waals surface area contributed by atoms with E-state index < -0.39 is 23.4 Å². The Morgan fingerprint density at radius 1 is 1.25 bits per heavy atom. The van der Waals surface area contributed by atoms with Gasteiger partial charge >= 0.3 is 6.03 Å². The molecule has 0 aliphatic rings. The number of nitrogens with one attached hydrogen (secondary N) is 2. The van der Waals surface area contributed by atoms with Crippen LogP contribution in [0.1, 0.15) is 5.69 Å². The van der Waals surface area contributed by atoms with Gasteiger partial charge in [0, 0.05) is 30.7 Å². The first-order valence-corrected chi connectivity index (χ1v) is 7.95. The van der Waals surface area contributed by atoms with Gasteiger partial charge in [-0.2, -0.15) is 5.10 Å². The molecule has 2 heterocycles. The highest BCUT2D eigenvalue weighted by molar-refractivity contribution is 7.12. The highest BCUT2D eigenvalue weighted by Crippen LogP contribution is 2.17. The molecule has 0 saturated heterocycles. The molecule has 2 N–H and O–H groups in total. The quantitative estimate of drug-likeness (QED) is 0.744. The van der Waals surface area contributed by atoms with E-state index in [9.17, 15) is 13.6 Å². The van der Waals surface area contributed by atoms with E-state index in [-0.39, 0.29) is 6.54 Å². The van der Waals surface area contributed by atoms with E-state index >= 15 is 0 Å². The lowest BCUT2D eigenvalue weighted by Gasteiger charge is -2.08. The molecule has 9 heteroatoms. The molecule has 0 spiro atoms. The lowest BCUT2D eigenvalue weighted by atomic mass is 10.3. The molecule has 6 nitrogen and oxygen atoms in total. The number of anilines is 1. The number of thiazole rings is 1. The molecule has 0 atom stereocenters. The van der Waals surface area contributed by atoms with Gasteiger partial charge in [-0.05, 0) is 18.2 Å². The number of para-hydroxylation sites is 1. The minimum absolute atomic E-state index is 0.282. The van der Waals surface area contributed by atoms with Crippen molar-refractivity contribution in [1.82, 2.24) is 20.1 Å². The first-order valence-electron chi connectivity index (χ1n) is 7.07. The second-order valence-corrected chi connectivity index (χ2v) is 5.64. The maximum atomic E-state index is 13.4. The largest absolute Gasteiger partial charge is 0.337 e. The van der Waals surface area contributed by atoms with Crippen molar-refractivity contribution < 1.29 is 13.6 Å². The monoisotopic (exact) mass is 349 g/mol. The van der Waals surface area contributed by atoms with Crippen molar-refractivity contribution in [3.05, 3.63) is 59.4 Å². The lowest BCUT2D eigenvalue weighted by Crippen LogP contribution is -2.31. The first kappa shape index (κ1) is 16.1. The zero-order valence-corrected chi connectivity index (χ0v) is 13.2. The summed E-state index contributed by atoms with van der Waals surface area (Å²) in [6, 6.07) is 4.50. The molecular formula is C15H13F2N5OS. The van der Waals surface area contributed by atoms with Crippen molar-refractivity contribution in [1.29, 1.82) is 0 Å². The van der Waals surface area contributed by atoms with Gasteiger partial charge in [0.15, 0.2) is 0 Å². The Kier molecular flexibility index (Phi) is 4.80. The molecule has 0 radical (unpaired) electrons. The van der Waals surface area contributed by atoms with Crippen LogP contribution in [0.15, 0.2) is 42.0 Å². The van der Waals surface area contributed by atoms with Crippen LogP contribution in [0.5, 0.6) is 0 Å². The smallest absolute Gasteiger partial charge is 0.319 e. The molecule has 0 aliphatic heterocycles. The maximum absolute atomic E-state index is 13.4. The summed E-state index contributed by atoms with van der Waals surface area (Å²) in [6.45, 7) is 0.282. The van der Waals surface area contributed by atoms with E-state index in [4.69, 9.17) is 0 Å². The number of urea groups is 1. The summed E-state index contributed by atoms with van der Waals surface area (Å²) in [6.07, 6.45) is 3.94. The summed E-state index contributed by atoms with van der Waals surface area (Å²) >= 11 is 1.43. The van der Waals surface area contributed by atoms with E-state index in [1.807, 2.05) is 5.38 Å². The second-order valence-electron chi connectivity index (χ2n) is 4.80. The summed E-state index contributed by atoms with van der Waals surface area (Å²) in [7, 11) is 0. The highest BCUT2D eigenvalue weighted by atomic mass is 32.1. The minimum Gasteiger partial charge on any atom is -0.337 e. The molecule has 1 aromatic carbocycles. The maximum Gasteiger partial charge on any atom is 0.319 e. The molecule has 0 bridgehead atoms. The molecule has 3 rings (SSSR count). The van der Waals surface area contributed by atoms with Gasteiger partial charge in [0.05, 0.1) is 5.69 Å². The summed E-state index contributed by atoms with van der Waals surface area (Å²) in [5.74, 6) is -1.65. The van der Waals surface area contributed by atoms with Gasteiger partial charge < -0.3 is 10.6 Å². The van der Waals surface area contributed by atoms with E-state index in [2.05, 4.69) is 20.7 Å². The molecule has 0 fully saturated rings. The molecule has 0 unspecified atom stereocenters. The van der Waals surface area contributed by atoms with Gasteiger partial charge in [-0.15, -0.1) is 11.3 Å². The standard InChI is InChI=1S/C15H13F2N5OS/c16-11-3-1-4-12(17)13(11)21-14(23)18-7-5-10-9-24-15(20-10)22-8-2-6-19-22/h1-4,6,8-9H,5,7H2,(H2,18,21,23). The van der Waals surface area contributed by atoms with Crippen LogP contribution in [0.2, 0.25) is 0 Å². The zero-order valence-electron chi connectivity index (χ0n) is 12.4. The lowest BCUT2D eigenvalue weighted by molar-refractivity contribution is 0.252.